The molecule has 106 valence electrons. The highest BCUT2D eigenvalue weighted by molar-refractivity contribution is 7.91. The third kappa shape index (κ3) is 3.72. The van der Waals surface area contributed by atoms with Crippen LogP contribution in [-0.2, 0) is 22.7 Å². The largest absolute Gasteiger partial charge is 0.381 e. The number of benzene rings is 1. The molecule has 1 aromatic rings. The van der Waals surface area contributed by atoms with E-state index >= 15 is 0 Å². The lowest BCUT2D eigenvalue weighted by molar-refractivity contribution is 0.593. The summed E-state index contributed by atoms with van der Waals surface area (Å²) in [6.45, 7) is 3.64. The van der Waals surface area contributed by atoms with E-state index in [2.05, 4.69) is 23.5 Å². The van der Waals surface area contributed by atoms with Crippen molar-refractivity contribution in [1.82, 2.24) is 0 Å². The van der Waals surface area contributed by atoms with Gasteiger partial charge in [-0.1, -0.05) is 19.1 Å². The highest BCUT2D eigenvalue weighted by Crippen LogP contribution is 2.28. The second kappa shape index (κ2) is 5.95. The van der Waals surface area contributed by atoms with Gasteiger partial charge in [0.1, 0.15) is 0 Å². The monoisotopic (exact) mass is 281 g/mol. The van der Waals surface area contributed by atoms with E-state index < -0.39 is 9.84 Å². The number of sulfone groups is 1. The standard InChI is InChI=1S/C15H23NO2S/c1-3-19(17,18)11-12(2)16-15-10-6-8-13-7-4-5-9-14(13)15/h6,8,10,12,16H,3-5,7,9,11H2,1-2H3. The van der Waals surface area contributed by atoms with Crippen LogP contribution in [0.5, 0.6) is 0 Å². The quantitative estimate of drug-likeness (QED) is 0.902. The van der Waals surface area contributed by atoms with Gasteiger partial charge in [-0.05, 0) is 49.8 Å². The minimum atomic E-state index is -2.92. The molecule has 0 spiro atoms. The summed E-state index contributed by atoms with van der Waals surface area (Å²) in [6, 6.07) is 6.28. The molecule has 1 unspecified atom stereocenters. The van der Waals surface area contributed by atoms with E-state index in [-0.39, 0.29) is 17.5 Å². The molecule has 1 N–H and O–H groups in total. The first-order valence-electron chi connectivity index (χ1n) is 7.09. The summed E-state index contributed by atoms with van der Waals surface area (Å²) in [5.74, 6) is 0.416. The molecular formula is C15H23NO2S. The van der Waals surface area contributed by atoms with Crippen molar-refractivity contribution in [2.45, 2.75) is 45.6 Å². The molecule has 19 heavy (non-hydrogen) atoms. The molecule has 0 aliphatic heterocycles. The van der Waals surface area contributed by atoms with E-state index in [0.717, 1.165) is 18.5 Å². The van der Waals surface area contributed by atoms with Crippen LogP contribution in [0.25, 0.3) is 0 Å². The van der Waals surface area contributed by atoms with E-state index in [9.17, 15) is 8.42 Å². The highest BCUT2D eigenvalue weighted by Gasteiger charge is 2.17. The molecular weight excluding hydrogens is 258 g/mol. The molecule has 0 heterocycles. The molecule has 0 aromatic heterocycles. The van der Waals surface area contributed by atoms with E-state index in [0.29, 0.717) is 0 Å². The maximum absolute atomic E-state index is 11.6. The van der Waals surface area contributed by atoms with E-state index in [4.69, 9.17) is 0 Å². The fourth-order valence-electron chi connectivity index (χ4n) is 2.72. The molecule has 1 atom stereocenters. The van der Waals surface area contributed by atoms with Gasteiger partial charge in [-0.3, -0.25) is 0 Å². The van der Waals surface area contributed by atoms with Crippen molar-refractivity contribution in [2.75, 3.05) is 16.8 Å². The van der Waals surface area contributed by atoms with Gasteiger partial charge in [-0.2, -0.15) is 0 Å². The van der Waals surface area contributed by atoms with Crippen LogP contribution >= 0.6 is 0 Å². The maximum Gasteiger partial charge on any atom is 0.152 e. The minimum absolute atomic E-state index is 0.0432. The van der Waals surface area contributed by atoms with Gasteiger partial charge in [0.15, 0.2) is 9.84 Å². The van der Waals surface area contributed by atoms with Crippen molar-refractivity contribution in [1.29, 1.82) is 0 Å². The fourth-order valence-corrected chi connectivity index (χ4v) is 3.80. The molecule has 4 heteroatoms. The molecule has 1 aliphatic carbocycles. The molecule has 1 aliphatic rings. The second-order valence-electron chi connectivity index (χ2n) is 5.39. The highest BCUT2D eigenvalue weighted by atomic mass is 32.2. The Hall–Kier alpha value is -1.03. The summed E-state index contributed by atoms with van der Waals surface area (Å²) >= 11 is 0. The van der Waals surface area contributed by atoms with Gasteiger partial charge in [-0.25, -0.2) is 8.42 Å². The molecule has 1 aromatic carbocycles. The third-order valence-electron chi connectivity index (χ3n) is 3.74. The number of anilines is 1. The summed E-state index contributed by atoms with van der Waals surface area (Å²) < 4.78 is 23.3. The van der Waals surface area contributed by atoms with E-state index in [1.807, 2.05) is 6.92 Å². The van der Waals surface area contributed by atoms with Crippen molar-refractivity contribution in [3.05, 3.63) is 29.3 Å². The molecule has 0 saturated heterocycles. The van der Waals surface area contributed by atoms with Crippen LogP contribution in [0, 0.1) is 0 Å². The Morgan fingerprint density at radius 1 is 1.26 bits per heavy atom. The normalized spacial score (nSPS) is 16.7. The molecule has 0 fully saturated rings. The van der Waals surface area contributed by atoms with Crippen molar-refractivity contribution in [3.63, 3.8) is 0 Å². The Labute approximate surface area is 116 Å². The molecule has 2 rings (SSSR count). The van der Waals surface area contributed by atoms with Gasteiger partial charge in [0.05, 0.1) is 5.75 Å². The molecule has 0 saturated carbocycles. The van der Waals surface area contributed by atoms with Crippen LogP contribution in [0.2, 0.25) is 0 Å². The molecule has 0 bridgehead atoms. The predicted octanol–water partition coefficient (Wildman–Crippen LogP) is 2.80. The van der Waals surface area contributed by atoms with Gasteiger partial charge < -0.3 is 5.32 Å². The number of hydrogen-bond acceptors (Lipinski definition) is 3. The van der Waals surface area contributed by atoms with Crippen LogP contribution < -0.4 is 5.32 Å². The zero-order valence-corrected chi connectivity index (χ0v) is 12.6. The van der Waals surface area contributed by atoms with Crippen molar-refractivity contribution >= 4 is 15.5 Å². The average molecular weight is 281 g/mol. The summed E-state index contributed by atoms with van der Waals surface area (Å²) in [6.07, 6.45) is 4.74. The molecule has 0 amide bonds. The fraction of sp³-hybridized carbons (Fsp3) is 0.600. The first-order valence-corrected chi connectivity index (χ1v) is 8.91. The number of nitrogens with one attached hydrogen (secondary N) is 1. The van der Waals surface area contributed by atoms with Crippen molar-refractivity contribution in [2.24, 2.45) is 0 Å². The summed E-state index contributed by atoms with van der Waals surface area (Å²) in [5.41, 5.74) is 3.92. The Balaban J connectivity index is 2.11. The minimum Gasteiger partial charge on any atom is -0.381 e. The number of aryl methyl sites for hydroxylation is 1. The zero-order valence-electron chi connectivity index (χ0n) is 11.8. The van der Waals surface area contributed by atoms with Crippen LogP contribution in [0.4, 0.5) is 5.69 Å². The summed E-state index contributed by atoms with van der Waals surface area (Å²) in [4.78, 5) is 0. The predicted molar refractivity (Wildman–Crippen MR) is 80.5 cm³/mol. The van der Waals surface area contributed by atoms with Gasteiger partial charge in [0.2, 0.25) is 0 Å². The lowest BCUT2D eigenvalue weighted by atomic mass is 9.90. The lowest BCUT2D eigenvalue weighted by Gasteiger charge is -2.23. The van der Waals surface area contributed by atoms with Crippen molar-refractivity contribution in [3.8, 4) is 0 Å². The topological polar surface area (TPSA) is 46.2 Å². The first-order chi connectivity index (χ1) is 9.02. The smallest absolute Gasteiger partial charge is 0.152 e. The first kappa shape index (κ1) is 14.4. The summed E-state index contributed by atoms with van der Waals surface area (Å²) in [7, 11) is -2.92. The van der Waals surface area contributed by atoms with Gasteiger partial charge >= 0.3 is 0 Å². The van der Waals surface area contributed by atoms with E-state index in [1.165, 1.54) is 24.0 Å². The van der Waals surface area contributed by atoms with Crippen LogP contribution in [0.15, 0.2) is 18.2 Å². The van der Waals surface area contributed by atoms with Crippen LogP contribution in [-0.4, -0.2) is 26.0 Å². The van der Waals surface area contributed by atoms with Gasteiger partial charge in [0.25, 0.3) is 0 Å². The van der Waals surface area contributed by atoms with Gasteiger partial charge in [0, 0.05) is 17.5 Å². The lowest BCUT2D eigenvalue weighted by Crippen LogP contribution is -2.27. The summed E-state index contributed by atoms with van der Waals surface area (Å²) in [5, 5.41) is 3.38. The average Bonchev–Trinajstić information content (AvgIpc) is 2.38. The van der Waals surface area contributed by atoms with Crippen LogP contribution in [0.1, 0.15) is 37.8 Å². The second-order valence-corrected chi connectivity index (χ2v) is 7.79. The van der Waals surface area contributed by atoms with Crippen LogP contribution in [0.3, 0.4) is 0 Å². The number of rotatable bonds is 5. The SMILES string of the molecule is CCS(=O)(=O)CC(C)Nc1cccc2c1CCCC2. The Kier molecular flexibility index (Phi) is 4.50. The Bertz CT molecular complexity index is 537. The van der Waals surface area contributed by atoms with Gasteiger partial charge in [-0.15, -0.1) is 0 Å². The molecule has 0 radical (unpaired) electrons. The molecule has 3 nitrogen and oxygen atoms in total. The Morgan fingerprint density at radius 3 is 2.74 bits per heavy atom. The maximum atomic E-state index is 11.6. The number of fused-ring (bicyclic) bond motifs is 1. The third-order valence-corrected chi connectivity index (χ3v) is 5.63. The number of hydrogen-bond donors (Lipinski definition) is 1. The van der Waals surface area contributed by atoms with E-state index in [1.54, 1.807) is 6.92 Å². The zero-order chi connectivity index (χ0) is 13.9. The van der Waals surface area contributed by atoms with Crippen molar-refractivity contribution < 1.29 is 8.42 Å². The Morgan fingerprint density at radius 2 is 2.00 bits per heavy atom.